The van der Waals surface area contributed by atoms with Crippen LogP contribution in [0.4, 0.5) is 0 Å². The van der Waals surface area contributed by atoms with E-state index in [-0.39, 0.29) is 0 Å². The van der Waals surface area contributed by atoms with Crippen LogP contribution in [0.15, 0.2) is 65.2 Å². The molecular formula is C15H10BrN. The van der Waals surface area contributed by atoms with E-state index in [1.165, 1.54) is 0 Å². The summed E-state index contributed by atoms with van der Waals surface area (Å²) in [5.41, 5.74) is 3.67. The second-order valence-corrected chi connectivity index (χ2v) is 4.56. The van der Waals surface area contributed by atoms with Crippen LogP contribution in [0.2, 0.25) is 0 Å². The van der Waals surface area contributed by atoms with E-state index in [0.717, 1.165) is 26.9 Å². The zero-order chi connectivity index (χ0) is 12.5. The van der Waals surface area contributed by atoms with Crippen molar-refractivity contribution in [1.29, 1.82) is 0 Å². The van der Waals surface area contributed by atoms with Crippen molar-refractivity contribution in [2.75, 3.05) is 0 Å². The molecule has 0 unspecified atom stereocenters. The predicted octanol–water partition coefficient (Wildman–Crippen LogP) is 4.62. The molecule has 3 rings (SSSR count). The average molecular weight is 285 g/mol. The van der Waals surface area contributed by atoms with E-state index < -0.39 is 0 Å². The van der Waals surface area contributed by atoms with E-state index in [1.54, 1.807) is 6.20 Å². The Bertz CT molecular complexity index is 630. The van der Waals surface area contributed by atoms with Crippen LogP contribution in [-0.2, 0) is 0 Å². The van der Waals surface area contributed by atoms with E-state index in [4.69, 9.17) is 1.37 Å². The molecule has 2 aliphatic rings. The second-order valence-electron chi connectivity index (χ2n) is 3.77. The van der Waals surface area contributed by atoms with E-state index in [0.29, 0.717) is 6.04 Å². The lowest BCUT2D eigenvalue weighted by Crippen LogP contribution is -1.78. The van der Waals surface area contributed by atoms with Gasteiger partial charge in [0, 0.05) is 16.2 Å². The fraction of sp³-hybridized carbons (Fsp3) is 0. The molecule has 0 atom stereocenters. The molecule has 2 heteroatoms. The molecule has 2 aliphatic carbocycles. The first-order chi connectivity index (χ1) is 8.79. The number of aromatic nitrogens is 1. The number of halogens is 1. The lowest BCUT2D eigenvalue weighted by molar-refractivity contribution is 1.33. The summed E-state index contributed by atoms with van der Waals surface area (Å²) < 4.78 is 9.25. The van der Waals surface area contributed by atoms with Crippen LogP contribution in [0, 0.1) is 0 Å². The van der Waals surface area contributed by atoms with Crippen LogP contribution in [0.25, 0.3) is 22.4 Å². The Labute approximate surface area is 110 Å². The van der Waals surface area contributed by atoms with Crippen molar-refractivity contribution in [3.8, 4) is 22.4 Å². The third-order valence-electron chi connectivity index (χ3n) is 2.67. The van der Waals surface area contributed by atoms with Gasteiger partial charge in [-0.2, -0.15) is 0 Å². The number of rotatable bonds is 1. The number of hydrogen-bond acceptors (Lipinski definition) is 1. The summed E-state index contributed by atoms with van der Waals surface area (Å²) >= 11 is 3.60. The van der Waals surface area contributed by atoms with Gasteiger partial charge in [0.15, 0.2) is 0 Å². The summed E-state index contributed by atoms with van der Waals surface area (Å²) in [5, 5.41) is 0. The molecule has 0 saturated heterocycles. The second kappa shape index (κ2) is 4.30. The molecule has 1 aromatic rings. The van der Waals surface area contributed by atoms with Gasteiger partial charge in [-0.25, -0.2) is 0 Å². The Morgan fingerprint density at radius 1 is 0.941 bits per heavy atom. The van der Waals surface area contributed by atoms with Gasteiger partial charge >= 0.3 is 0 Å². The normalized spacial score (nSPS) is 11.5. The van der Waals surface area contributed by atoms with Crippen molar-refractivity contribution >= 4 is 15.9 Å². The summed E-state index contributed by atoms with van der Waals surface area (Å²) in [7, 11) is 0. The Morgan fingerprint density at radius 2 is 1.76 bits per heavy atom. The molecule has 0 amide bonds. The maximum absolute atomic E-state index is 8.31. The van der Waals surface area contributed by atoms with E-state index in [2.05, 4.69) is 20.9 Å². The van der Waals surface area contributed by atoms with Crippen molar-refractivity contribution in [2.24, 2.45) is 0 Å². The van der Waals surface area contributed by atoms with Crippen LogP contribution in [0.1, 0.15) is 1.37 Å². The first kappa shape index (κ1) is 9.37. The number of hydrogen-bond donors (Lipinski definition) is 0. The number of fused-ring (bicyclic) bond motifs is 1. The fourth-order valence-corrected chi connectivity index (χ4v) is 2.51. The van der Waals surface area contributed by atoms with Gasteiger partial charge in [-0.15, -0.1) is 0 Å². The summed E-state index contributed by atoms with van der Waals surface area (Å²) in [6, 6.07) is 16.1. The SMILES string of the molecule is [2H]c1c2cccccc-2c(Br)c1-c1ccccn1. The van der Waals surface area contributed by atoms with Crippen molar-refractivity contribution in [1.82, 2.24) is 4.98 Å². The average Bonchev–Trinajstić information content (AvgIpc) is 2.60. The molecule has 0 N–H and O–H groups in total. The van der Waals surface area contributed by atoms with Crippen molar-refractivity contribution in [2.45, 2.75) is 0 Å². The molecule has 0 radical (unpaired) electrons. The molecule has 0 bridgehead atoms. The quantitative estimate of drug-likeness (QED) is 0.636. The summed E-state index contributed by atoms with van der Waals surface area (Å²) in [6.07, 6.45) is 1.75. The molecule has 0 fully saturated rings. The molecule has 0 aliphatic heterocycles. The molecule has 17 heavy (non-hydrogen) atoms. The van der Waals surface area contributed by atoms with Gasteiger partial charge in [0.1, 0.15) is 0 Å². The van der Waals surface area contributed by atoms with E-state index in [1.807, 2.05) is 48.5 Å². The Kier molecular flexibility index (Phi) is 2.37. The van der Waals surface area contributed by atoms with Gasteiger partial charge in [0.25, 0.3) is 0 Å². The largest absolute Gasteiger partial charge is 0.256 e. The zero-order valence-corrected chi connectivity index (χ0v) is 10.6. The fourth-order valence-electron chi connectivity index (χ4n) is 1.86. The predicted molar refractivity (Wildman–Crippen MR) is 74.0 cm³/mol. The monoisotopic (exact) mass is 284 g/mol. The maximum atomic E-state index is 8.31. The highest BCUT2D eigenvalue weighted by molar-refractivity contribution is 9.10. The van der Waals surface area contributed by atoms with Gasteiger partial charge in [-0.05, 0) is 45.2 Å². The lowest BCUT2D eigenvalue weighted by atomic mass is 10.2. The van der Waals surface area contributed by atoms with Gasteiger partial charge < -0.3 is 0 Å². The highest BCUT2D eigenvalue weighted by Crippen LogP contribution is 2.40. The minimum absolute atomic E-state index is 0.520. The van der Waals surface area contributed by atoms with Gasteiger partial charge in [-0.3, -0.25) is 4.98 Å². The van der Waals surface area contributed by atoms with Gasteiger partial charge in [0.05, 0.1) is 7.06 Å². The van der Waals surface area contributed by atoms with Crippen LogP contribution in [0.3, 0.4) is 0 Å². The van der Waals surface area contributed by atoms with Crippen molar-refractivity contribution in [3.05, 3.63) is 65.2 Å². The number of pyridine rings is 1. The first-order valence-electron chi connectivity index (χ1n) is 5.87. The smallest absolute Gasteiger partial charge is 0.0713 e. The Balaban J connectivity index is 2.35. The molecule has 0 spiro atoms. The maximum Gasteiger partial charge on any atom is 0.0713 e. The molecular weight excluding hydrogens is 274 g/mol. The van der Waals surface area contributed by atoms with E-state index in [9.17, 15) is 0 Å². The molecule has 1 heterocycles. The van der Waals surface area contributed by atoms with Crippen LogP contribution in [-0.4, -0.2) is 4.98 Å². The Hall–Kier alpha value is -1.67. The standard InChI is InChI=1S/C15H10BrN/c16-15-12-7-3-1-2-6-11(12)10-13(15)14-8-4-5-9-17-14/h1-10H/i10D. The molecule has 82 valence electrons. The van der Waals surface area contributed by atoms with E-state index >= 15 is 0 Å². The summed E-state index contributed by atoms with van der Waals surface area (Å²) in [6.45, 7) is 0. The van der Waals surface area contributed by atoms with Crippen LogP contribution >= 0.6 is 15.9 Å². The highest BCUT2D eigenvalue weighted by atomic mass is 79.9. The molecule has 1 nitrogen and oxygen atoms in total. The first-order valence-corrected chi connectivity index (χ1v) is 6.16. The third-order valence-corrected chi connectivity index (χ3v) is 3.50. The minimum Gasteiger partial charge on any atom is -0.256 e. The van der Waals surface area contributed by atoms with Crippen molar-refractivity contribution in [3.63, 3.8) is 0 Å². The van der Waals surface area contributed by atoms with Gasteiger partial charge in [0.2, 0.25) is 0 Å². The molecule has 0 aromatic carbocycles. The van der Waals surface area contributed by atoms with Crippen LogP contribution < -0.4 is 0 Å². The topological polar surface area (TPSA) is 12.9 Å². The highest BCUT2D eigenvalue weighted by Gasteiger charge is 2.14. The zero-order valence-electron chi connectivity index (χ0n) is 10.0. The van der Waals surface area contributed by atoms with Gasteiger partial charge in [-0.1, -0.05) is 36.4 Å². The minimum atomic E-state index is 0.520. The van der Waals surface area contributed by atoms with Crippen LogP contribution in [0.5, 0.6) is 0 Å². The summed E-state index contributed by atoms with van der Waals surface area (Å²) in [4.78, 5) is 4.33. The molecule has 0 saturated carbocycles. The van der Waals surface area contributed by atoms with Crippen molar-refractivity contribution < 1.29 is 1.37 Å². The summed E-state index contributed by atoms with van der Waals surface area (Å²) in [5.74, 6) is 0. The molecule has 1 aromatic heterocycles. The lowest BCUT2D eigenvalue weighted by Gasteiger charge is -1.97. The number of nitrogens with zero attached hydrogens (tertiary/aromatic N) is 1. The third kappa shape index (κ3) is 1.85. The Morgan fingerprint density at radius 3 is 2.59 bits per heavy atom.